The van der Waals surface area contributed by atoms with Crippen LogP contribution in [0.2, 0.25) is 0 Å². The van der Waals surface area contributed by atoms with Crippen LogP contribution in [0.3, 0.4) is 0 Å². The molecule has 122 valence electrons. The lowest BCUT2D eigenvalue weighted by Crippen LogP contribution is -2.57. The van der Waals surface area contributed by atoms with Crippen LogP contribution in [0, 0.1) is 5.92 Å². The van der Waals surface area contributed by atoms with Crippen molar-refractivity contribution in [2.24, 2.45) is 11.7 Å². The van der Waals surface area contributed by atoms with E-state index in [4.69, 9.17) is 10.5 Å². The first kappa shape index (κ1) is 16.7. The molecule has 1 amide bonds. The van der Waals surface area contributed by atoms with Gasteiger partial charge in [0.2, 0.25) is 5.91 Å². The number of hydrogen-bond acceptors (Lipinski definition) is 4. The average Bonchev–Trinajstić information content (AvgIpc) is 2.89. The summed E-state index contributed by atoms with van der Waals surface area (Å²) in [6, 6.07) is 0.514. The molecule has 21 heavy (non-hydrogen) atoms. The van der Waals surface area contributed by atoms with Crippen LogP contribution in [0.4, 0.5) is 0 Å². The third-order valence-electron chi connectivity index (χ3n) is 5.52. The van der Waals surface area contributed by atoms with Crippen molar-refractivity contribution in [2.45, 2.75) is 63.6 Å². The maximum absolute atomic E-state index is 11.9. The van der Waals surface area contributed by atoms with Gasteiger partial charge in [-0.1, -0.05) is 13.3 Å². The predicted molar refractivity (Wildman–Crippen MR) is 84.0 cm³/mol. The number of carbonyl (C=O) groups excluding carboxylic acids is 1. The highest BCUT2D eigenvalue weighted by atomic mass is 16.5. The molecule has 5 heteroatoms. The number of hydrogen-bond donors (Lipinski definition) is 2. The minimum absolute atomic E-state index is 0.185. The van der Waals surface area contributed by atoms with Crippen molar-refractivity contribution in [2.75, 3.05) is 26.7 Å². The van der Waals surface area contributed by atoms with E-state index < -0.39 is 5.54 Å². The van der Waals surface area contributed by atoms with Gasteiger partial charge in [-0.25, -0.2) is 0 Å². The van der Waals surface area contributed by atoms with Crippen LogP contribution in [0.5, 0.6) is 0 Å². The summed E-state index contributed by atoms with van der Waals surface area (Å²) in [7, 11) is 1.87. The van der Waals surface area contributed by atoms with Gasteiger partial charge in [0.1, 0.15) is 5.54 Å². The van der Waals surface area contributed by atoms with Crippen LogP contribution >= 0.6 is 0 Å². The molecule has 4 unspecified atom stereocenters. The van der Waals surface area contributed by atoms with Gasteiger partial charge in [0.05, 0.1) is 12.7 Å². The Labute approximate surface area is 128 Å². The number of rotatable bonds is 6. The van der Waals surface area contributed by atoms with E-state index in [1.165, 1.54) is 0 Å². The number of nitrogens with two attached hydrogens (primary N) is 1. The predicted octanol–water partition coefficient (Wildman–Crippen LogP) is 1.12. The van der Waals surface area contributed by atoms with Gasteiger partial charge in [-0.05, 0) is 52.1 Å². The zero-order valence-electron chi connectivity index (χ0n) is 13.7. The second-order valence-corrected chi connectivity index (χ2v) is 6.66. The number of morpholine rings is 1. The van der Waals surface area contributed by atoms with Gasteiger partial charge in [-0.2, -0.15) is 0 Å². The summed E-state index contributed by atoms with van der Waals surface area (Å²) >= 11 is 0. The van der Waals surface area contributed by atoms with Crippen LogP contribution in [-0.2, 0) is 9.53 Å². The highest BCUT2D eigenvalue weighted by Crippen LogP contribution is 2.38. The summed E-state index contributed by atoms with van der Waals surface area (Å²) in [5, 5.41) is 3.23. The van der Waals surface area contributed by atoms with E-state index >= 15 is 0 Å². The van der Waals surface area contributed by atoms with Gasteiger partial charge in [-0.15, -0.1) is 0 Å². The molecule has 0 aromatic carbocycles. The van der Waals surface area contributed by atoms with E-state index in [1.54, 1.807) is 0 Å². The molecule has 3 N–H and O–H groups in total. The third-order valence-corrected chi connectivity index (χ3v) is 5.52. The Kier molecular flexibility index (Phi) is 5.63. The van der Waals surface area contributed by atoms with Crippen LogP contribution in [0.25, 0.3) is 0 Å². The van der Waals surface area contributed by atoms with Crippen LogP contribution in [-0.4, -0.2) is 55.2 Å². The summed E-state index contributed by atoms with van der Waals surface area (Å²) in [6.07, 6.45) is 5.52. The molecule has 1 aliphatic carbocycles. The van der Waals surface area contributed by atoms with Gasteiger partial charge in [0.15, 0.2) is 0 Å². The Balaban J connectivity index is 1.96. The average molecular weight is 297 g/mol. The maximum Gasteiger partial charge on any atom is 0.238 e. The molecule has 2 rings (SSSR count). The molecule has 0 bridgehead atoms. The number of nitrogens with one attached hydrogen (secondary N) is 1. The molecule has 0 aromatic rings. The molecule has 1 saturated carbocycles. The number of ether oxygens (including phenoxy) is 1. The first-order valence-electron chi connectivity index (χ1n) is 8.38. The molecule has 4 atom stereocenters. The smallest absolute Gasteiger partial charge is 0.238 e. The Hall–Kier alpha value is -0.650. The van der Waals surface area contributed by atoms with Crippen LogP contribution in [0.15, 0.2) is 0 Å². The standard InChI is InChI=1S/C16H31N3O2/c1-4-14-11-21-12(2)10-19(14)9-7-13-6-5-8-16(13,18-3)15(17)20/h12-14,18H,4-11H2,1-3H3,(H2,17,20). The topological polar surface area (TPSA) is 67.6 Å². The molecule has 1 saturated heterocycles. The number of likely N-dealkylation sites (N-methyl/N-ethyl adjacent to an activating group) is 1. The molecule has 0 spiro atoms. The number of primary amides is 1. The fourth-order valence-electron chi connectivity index (χ4n) is 4.13. The van der Waals surface area contributed by atoms with Gasteiger partial charge >= 0.3 is 0 Å². The molecule has 0 radical (unpaired) electrons. The second-order valence-electron chi connectivity index (χ2n) is 6.66. The summed E-state index contributed by atoms with van der Waals surface area (Å²) in [5.41, 5.74) is 5.20. The quantitative estimate of drug-likeness (QED) is 0.771. The summed E-state index contributed by atoms with van der Waals surface area (Å²) in [6.45, 7) is 7.21. The van der Waals surface area contributed by atoms with Gasteiger partial charge < -0.3 is 15.8 Å². The van der Waals surface area contributed by atoms with E-state index in [9.17, 15) is 4.79 Å². The van der Waals surface area contributed by atoms with Crippen LogP contribution < -0.4 is 11.1 Å². The Morgan fingerprint density at radius 1 is 1.52 bits per heavy atom. The normalized spacial score (nSPS) is 37.8. The van der Waals surface area contributed by atoms with Crippen molar-refractivity contribution in [3.63, 3.8) is 0 Å². The highest BCUT2D eigenvalue weighted by molar-refractivity contribution is 5.85. The van der Waals surface area contributed by atoms with Crippen molar-refractivity contribution in [3.8, 4) is 0 Å². The van der Waals surface area contributed by atoms with Crippen molar-refractivity contribution in [1.82, 2.24) is 10.2 Å². The van der Waals surface area contributed by atoms with E-state index in [-0.39, 0.29) is 5.91 Å². The van der Waals surface area contributed by atoms with Gasteiger partial charge in [-0.3, -0.25) is 9.69 Å². The summed E-state index contributed by atoms with van der Waals surface area (Å²) in [5.74, 6) is 0.172. The van der Waals surface area contributed by atoms with E-state index in [2.05, 4.69) is 24.1 Å². The fourth-order valence-corrected chi connectivity index (χ4v) is 4.13. The number of carbonyl (C=O) groups is 1. The lowest BCUT2D eigenvalue weighted by atomic mass is 9.83. The SMILES string of the molecule is CCC1COC(C)CN1CCC1CCCC1(NC)C(N)=O. The molecule has 5 nitrogen and oxygen atoms in total. The molecule has 0 aromatic heterocycles. The van der Waals surface area contributed by atoms with E-state index in [1.807, 2.05) is 7.05 Å². The first-order chi connectivity index (χ1) is 10.0. The molecular formula is C16H31N3O2. The maximum atomic E-state index is 11.9. The molecule has 2 aliphatic rings. The molecule has 2 fully saturated rings. The molecular weight excluding hydrogens is 266 g/mol. The Morgan fingerprint density at radius 2 is 2.29 bits per heavy atom. The first-order valence-corrected chi connectivity index (χ1v) is 8.38. The monoisotopic (exact) mass is 297 g/mol. The largest absolute Gasteiger partial charge is 0.376 e. The zero-order chi connectivity index (χ0) is 15.5. The Morgan fingerprint density at radius 3 is 2.90 bits per heavy atom. The Bertz CT molecular complexity index is 363. The van der Waals surface area contributed by atoms with Crippen molar-refractivity contribution >= 4 is 5.91 Å². The minimum Gasteiger partial charge on any atom is -0.376 e. The van der Waals surface area contributed by atoms with E-state index in [0.717, 1.165) is 51.8 Å². The van der Waals surface area contributed by atoms with Crippen molar-refractivity contribution < 1.29 is 9.53 Å². The van der Waals surface area contributed by atoms with Gasteiger partial charge in [0.25, 0.3) is 0 Å². The van der Waals surface area contributed by atoms with Crippen molar-refractivity contribution in [1.29, 1.82) is 0 Å². The van der Waals surface area contributed by atoms with E-state index in [0.29, 0.717) is 18.1 Å². The minimum atomic E-state index is -0.486. The number of nitrogens with zero attached hydrogens (tertiary/aromatic N) is 1. The third kappa shape index (κ3) is 3.41. The molecule has 1 heterocycles. The second kappa shape index (κ2) is 7.07. The highest BCUT2D eigenvalue weighted by Gasteiger charge is 2.46. The van der Waals surface area contributed by atoms with Crippen LogP contribution in [0.1, 0.15) is 46.0 Å². The number of amides is 1. The lowest BCUT2D eigenvalue weighted by Gasteiger charge is -2.40. The van der Waals surface area contributed by atoms with Crippen molar-refractivity contribution in [3.05, 3.63) is 0 Å². The zero-order valence-corrected chi connectivity index (χ0v) is 13.7. The fraction of sp³-hybridized carbons (Fsp3) is 0.938. The molecule has 1 aliphatic heterocycles. The summed E-state index contributed by atoms with van der Waals surface area (Å²) in [4.78, 5) is 14.5. The van der Waals surface area contributed by atoms with Gasteiger partial charge in [0, 0.05) is 12.6 Å². The lowest BCUT2D eigenvalue weighted by molar-refractivity contribution is -0.126. The summed E-state index contributed by atoms with van der Waals surface area (Å²) < 4.78 is 5.76.